The maximum absolute atomic E-state index is 12.9. The van der Waals surface area contributed by atoms with Gasteiger partial charge in [0.15, 0.2) is 0 Å². The van der Waals surface area contributed by atoms with Crippen molar-refractivity contribution in [3.8, 4) is 0 Å². The number of nitrogens with zero attached hydrogens (tertiary/aromatic N) is 1. The molecule has 0 bridgehead atoms. The van der Waals surface area contributed by atoms with E-state index in [0.717, 1.165) is 30.2 Å². The molecule has 20 heavy (non-hydrogen) atoms. The molecular formula is C16H23FN2S. The molecule has 2 aliphatic rings. The van der Waals surface area contributed by atoms with Crippen LogP contribution in [-0.4, -0.2) is 42.9 Å². The molecule has 3 atom stereocenters. The van der Waals surface area contributed by atoms with E-state index in [0.29, 0.717) is 0 Å². The third-order valence-electron chi connectivity index (χ3n) is 4.70. The Morgan fingerprint density at radius 3 is 2.85 bits per heavy atom. The molecule has 2 nitrogen and oxygen atoms in total. The monoisotopic (exact) mass is 294 g/mol. The van der Waals surface area contributed by atoms with Crippen molar-refractivity contribution in [1.82, 2.24) is 10.2 Å². The van der Waals surface area contributed by atoms with E-state index in [2.05, 4.69) is 17.1 Å². The number of nitrogens with one attached hydrogen (secondary N) is 1. The van der Waals surface area contributed by atoms with Gasteiger partial charge < -0.3 is 5.32 Å². The van der Waals surface area contributed by atoms with Crippen molar-refractivity contribution in [3.63, 3.8) is 0 Å². The summed E-state index contributed by atoms with van der Waals surface area (Å²) in [5.41, 5.74) is 0. The minimum atomic E-state index is -0.153. The summed E-state index contributed by atoms with van der Waals surface area (Å²) in [6.45, 7) is 7.10. The predicted octanol–water partition coefficient (Wildman–Crippen LogP) is 2.85. The molecule has 110 valence electrons. The second kappa shape index (κ2) is 6.46. The number of benzene rings is 1. The Morgan fingerprint density at radius 2 is 2.10 bits per heavy atom. The number of thioether (sulfide) groups is 1. The fourth-order valence-electron chi connectivity index (χ4n) is 3.74. The van der Waals surface area contributed by atoms with Crippen LogP contribution in [-0.2, 0) is 0 Å². The van der Waals surface area contributed by atoms with Crippen LogP contribution in [0.15, 0.2) is 29.2 Å². The smallest absolute Gasteiger partial charge is 0.123 e. The molecule has 2 heterocycles. The zero-order valence-electron chi connectivity index (χ0n) is 12.0. The lowest BCUT2D eigenvalue weighted by Crippen LogP contribution is -2.36. The molecule has 3 rings (SSSR count). The molecule has 2 saturated heterocycles. The van der Waals surface area contributed by atoms with Crippen LogP contribution in [0.1, 0.15) is 13.3 Å². The number of likely N-dealkylation sites (tertiary alicyclic amines) is 1. The van der Waals surface area contributed by atoms with Crippen LogP contribution in [0.25, 0.3) is 0 Å². The Bertz CT molecular complexity index is 437. The van der Waals surface area contributed by atoms with Crippen LogP contribution in [0.2, 0.25) is 0 Å². The number of hydrogen-bond acceptors (Lipinski definition) is 3. The highest BCUT2D eigenvalue weighted by molar-refractivity contribution is 7.99. The Hall–Kier alpha value is -0.580. The maximum atomic E-state index is 12.9. The van der Waals surface area contributed by atoms with E-state index in [-0.39, 0.29) is 5.82 Å². The van der Waals surface area contributed by atoms with Crippen LogP contribution in [0, 0.1) is 17.7 Å². The van der Waals surface area contributed by atoms with Gasteiger partial charge in [-0.3, -0.25) is 4.90 Å². The fourth-order valence-corrected chi connectivity index (χ4v) is 4.63. The zero-order chi connectivity index (χ0) is 13.9. The average molecular weight is 294 g/mol. The van der Waals surface area contributed by atoms with Crippen LogP contribution >= 0.6 is 11.8 Å². The van der Waals surface area contributed by atoms with E-state index in [4.69, 9.17) is 0 Å². The third kappa shape index (κ3) is 3.02. The summed E-state index contributed by atoms with van der Waals surface area (Å²) in [6.07, 6.45) is 1.25. The van der Waals surface area contributed by atoms with Gasteiger partial charge in [0, 0.05) is 29.8 Å². The normalized spacial score (nSPS) is 29.8. The van der Waals surface area contributed by atoms with Crippen LogP contribution in [0.5, 0.6) is 0 Å². The van der Waals surface area contributed by atoms with Gasteiger partial charge in [0.05, 0.1) is 0 Å². The quantitative estimate of drug-likeness (QED) is 0.841. The van der Waals surface area contributed by atoms with E-state index in [1.807, 2.05) is 23.9 Å². The average Bonchev–Trinajstić information content (AvgIpc) is 3.01. The maximum Gasteiger partial charge on any atom is 0.123 e. The first-order valence-corrected chi connectivity index (χ1v) is 8.59. The number of hydrogen-bond donors (Lipinski definition) is 1. The van der Waals surface area contributed by atoms with Crippen molar-refractivity contribution in [2.24, 2.45) is 11.8 Å². The van der Waals surface area contributed by atoms with Gasteiger partial charge in [-0.2, -0.15) is 0 Å². The molecule has 1 aromatic rings. The lowest BCUT2D eigenvalue weighted by Gasteiger charge is -2.26. The summed E-state index contributed by atoms with van der Waals surface area (Å²) >= 11 is 1.83. The Labute approximate surface area is 125 Å². The number of halogens is 1. The van der Waals surface area contributed by atoms with E-state index in [1.54, 1.807) is 12.1 Å². The summed E-state index contributed by atoms with van der Waals surface area (Å²) in [6, 6.07) is 7.59. The number of rotatable bonds is 5. The molecule has 4 heteroatoms. The molecular weight excluding hydrogens is 271 g/mol. The topological polar surface area (TPSA) is 15.3 Å². The molecule has 2 fully saturated rings. The predicted molar refractivity (Wildman–Crippen MR) is 82.6 cm³/mol. The highest BCUT2D eigenvalue weighted by Gasteiger charge is 2.42. The fraction of sp³-hybridized carbons (Fsp3) is 0.625. The third-order valence-corrected chi connectivity index (χ3v) is 5.70. The minimum absolute atomic E-state index is 0.153. The van der Waals surface area contributed by atoms with Gasteiger partial charge in [0.2, 0.25) is 0 Å². The van der Waals surface area contributed by atoms with Gasteiger partial charge in [0.1, 0.15) is 5.82 Å². The molecule has 3 unspecified atom stereocenters. The van der Waals surface area contributed by atoms with Crippen LogP contribution < -0.4 is 5.32 Å². The van der Waals surface area contributed by atoms with Gasteiger partial charge in [-0.15, -0.1) is 11.8 Å². The Morgan fingerprint density at radius 1 is 1.30 bits per heavy atom. The highest BCUT2D eigenvalue weighted by Crippen LogP contribution is 2.34. The van der Waals surface area contributed by atoms with E-state index in [1.165, 1.54) is 31.0 Å². The molecule has 0 aromatic heterocycles. The highest BCUT2D eigenvalue weighted by atomic mass is 32.2. The van der Waals surface area contributed by atoms with Crippen LogP contribution in [0.4, 0.5) is 4.39 Å². The molecule has 0 amide bonds. The molecule has 0 radical (unpaired) electrons. The first-order valence-electron chi connectivity index (χ1n) is 7.61. The molecule has 1 N–H and O–H groups in total. The number of fused-ring (bicyclic) bond motifs is 1. The van der Waals surface area contributed by atoms with Gasteiger partial charge in [-0.1, -0.05) is 6.92 Å². The largest absolute Gasteiger partial charge is 0.316 e. The van der Waals surface area contributed by atoms with Crippen molar-refractivity contribution in [1.29, 1.82) is 0 Å². The molecule has 0 saturated carbocycles. The van der Waals surface area contributed by atoms with Gasteiger partial charge in [-0.25, -0.2) is 4.39 Å². The standard InChI is InChI=1S/C16H23FN2S/c1-2-16-15-10-18-9-12(15)11-19(16)7-8-20-14-5-3-13(17)4-6-14/h3-6,12,15-16,18H,2,7-11H2,1H3. The lowest BCUT2D eigenvalue weighted by atomic mass is 9.93. The Kier molecular flexibility index (Phi) is 4.64. The first-order chi connectivity index (χ1) is 9.78. The summed E-state index contributed by atoms with van der Waals surface area (Å²) in [4.78, 5) is 3.84. The molecule has 2 aliphatic heterocycles. The first kappa shape index (κ1) is 14.4. The molecule has 0 spiro atoms. The van der Waals surface area contributed by atoms with Crippen LogP contribution in [0.3, 0.4) is 0 Å². The lowest BCUT2D eigenvalue weighted by molar-refractivity contribution is 0.231. The summed E-state index contributed by atoms with van der Waals surface area (Å²) in [7, 11) is 0. The van der Waals surface area contributed by atoms with Gasteiger partial charge >= 0.3 is 0 Å². The van der Waals surface area contributed by atoms with Crippen molar-refractivity contribution < 1.29 is 4.39 Å². The SMILES string of the molecule is CCC1C2CNCC2CN1CCSc1ccc(F)cc1. The van der Waals surface area contributed by atoms with E-state index >= 15 is 0 Å². The van der Waals surface area contributed by atoms with Crippen molar-refractivity contribution in [2.75, 3.05) is 31.9 Å². The van der Waals surface area contributed by atoms with E-state index in [9.17, 15) is 4.39 Å². The summed E-state index contributed by atoms with van der Waals surface area (Å²) < 4.78 is 12.9. The van der Waals surface area contributed by atoms with Crippen molar-refractivity contribution in [2.45, 2.75) is 24.3 Å². The Balaban J connectivity index is 1.49. The van der Waals surface area contributed by atoms with Crippen molar-refractivity contribution >= 4 is 11.8 Å². The second-order valence-electron chi connectivity index (χ2n) is 5.86. The molecule has 0 aliphatic carbocycles. The van der Waals surface area contributed by atoms with E-state index < -0.39 is 0 Å². The van der Waals surface area contributed by atoms with Crippen molar-refractivity contribution in [3.05, 3.63) is 30.1 Å². The molecule has 1 aromatic carbocycles. The summed E-state index contributed by atoms with van der Waals surface area (Å²) in [5.74, 6) is 2.65. The second-order valence-corrected chi connectivity index (χ2v) is 7.02. The summed E-state index contributed by atoms with van der Waals surface area (Å²) in [5, 5.41) is 3.53. The minimum Gasteiger partial charge on any atom is -0.316 e. The zero-order valence-corrected chi connectivity index (χ0v) is 12.8. The van der Waals surface area contributed by atoms with Gasteiger partial charge in [0.25, 0.3) is 0 Å². The van der Waals surface area contributed by atoms with Gasteiger partial charge in [-0.05, 0) is 55.6 Å².